The van der Waals surface area contributed by atoms with E-state index in [9.17, 15) is 4.79 Å². The number of methoxy groups -OCH3 is 3. The summed E-state index contributed by atoms with van der Waals surface area (Å²) in [5.74, 6) is 1.11. The molecule has 1 aromatic heterocycles. The van der Waals surface area contributed by atoms with Crippen LogP contribution in [-0.4, -0.2) is 37.0 Å². The third-order valence-electron chi connectivity index (χ3n) is 4.01. The summed E-state index contributed by atoms with van der Waals surface area (Å²) in [6.07, 6.45) is 0. The molecule has 7 nitrogen and oxygen atoms in total. The van der Waals surface area contributed by atoms with Gasteiger partial charge in [0.2, 0.25) is 5.75 Å². The highest BCUT2D eigenvalue weighted by Crippen LogP contribution is 2.38. The number of carbonyl (C=O) groups excluding carboxylic acids is 1. The molecule has 0 unspecified atom stereocenters. The van der Waals surface area contributed by atoms with Crippen LogP contribution in [0.25, 0.3) is 0 Å². The summed E-state index contributed by atoms with van der Waals surface area (Å²) in [5.41, 5.74) is 3.37. The number of nitrogens with one attached hydrogen (secondary N) is 1. The minimum atomic E-state index is -0.225. The van der Waals surface area contributed by atoms with Gasteiger partial charge in [-0.05, 0) is 26.0 Å². The average Bonchev–Trinajstić information content (AvgIpc) is 2.83. The third kappa shape index (κ3) is 3.29. The van der Waals surface area contributed by atoms with E-state index in [2.05, 4.69) is 10.4 Å². The zero-order valence-corrected chi connectivity index (χ0v) is 14.9. The van der Waals surface area contributed by atoms with Crippen molar-refractivity contribution in [3.8, 4) is 17.2 Å². The van der Waals surface area contributed by atoms with Gasteiger partial charge in [0.15, 0.2) is 11.5 Å². The number of aryl methyl sites for hydroxylation is 2. The molecule has 0 saturated carbocycles. The molecule has 0 fully saturated rings. The summed E-state index contributed by atoms with van der Waals surface area (Å²) in [6, 6.07) is 3.25. The van der Waals surface area contributed by atoms with Crippen LogP contribution in [-0.2, 0) is 13.6 Å². The molecule has 1 heterocycles. The zero-order valence-electron chi connectivity index (χ0n) is 14.9. The van der Waals surface area contributed by atoms with Crippen LogP contribution < -0.4 is 19.5 Å². The molecule has 0 aliphatic rings. The highest BCUT2D eigenvalue weighted by Gasteiger charge is 2.17. The van der Waals surface area contributed by atoms with Crippen LogP contribution in [0.4, 0.5) is 0 Å². The summed E-state index contributed by atoms with van der Waals surface area (Å²) in [7, 11) is 6.43. The third-order valence-corrected chi connectivity index (χ3v) is 4.01. The van der Waals surface area contributed by atoms with E-state index in [0.29, 0.717) is 29.4 Å². The van der Waals surface area contributed by atoms with Crippen molar-refractivity contribution in [2.24, 2.45) is 7.05 Å². The predicted molar refractivity (Wildman–Crippen MR) is 90.0 cm³/mol. The number of rotatable bonds is 6. The maximum Gasteiger partial charge on any atom is 0.251 e. The summed E-state index contributed by atoms with van der Waals surface area (Å²) >= 11 is 0. The first-order valence-electron chi connectivity index (χ1n) is 7.50. The van der Waals surface area contributed by atoms with Gasteiger partial charge in [-0.3, -0.25) is 9.48 Å². The smallest absolute Gasteiger partial charge is 0.251 e. The van der Waals surface area contributed by atoms with Gasteiger partial charge in [-0.15, -0.1) is 0 Å². The van der Waals surface area contributed by atoms with E-state index < -0.39 is 0 Å². The van der Waals surface area contributed by atoms with Gasteiger partial charge in [0.1, 0.15) is 0 Å². The number of carbonyl (C=O) groups is 1. The Bertz CT molecular complexity index is 728. The fourth-order valence-corrected chi connectivity index (χ4v) is 2.56. The van der Waals surface area contributed by atoms with Crippen LogP contribution in [0.15, 0.2) is 12.1 Å². The molecular formula is C17H23N3O4. The van der Waals surface area contributed by atoms with E-state index in [1.165, 1.54) is 21.3 Å². The first kappa shape index (κ1) is 17.7. The first-order chi connectivity index (χ1) is 11.4. The standard InChI is InChI=1S/C17H23N3O4/c1-10-13(11(2)20(3)19-10)9-18-17(21)12-7-14(22-4)16(24-6)15(8-12)23-5/h7-8H,9H2,1-6H3,(H,18,21). The lowest BCUT2D eigenvalue weighted by Gasteiger charge is -2.14. The molecule has 2 aromatic rings. The van der Waals surface area contributed by atoms with Crippen molar-refractivity contribution in [1.29, 1.82) is 0 Å². The fraction of sp³-hybridized carbons (Fsp3) is 0.412. The van der Waals surface area contributed by atoms with E-state index >= 15 is 0 Å². The Morgan fingerprint density at radius 3 is 2.12 bits per heavy atom. The van der Waals surface area contributed by atoms with E-state index in [1.54, 1.807) is 16.8 Å². The molecule has 0 bridgehead atoms. The predicted octanol–water partition coefficient (Wildman–Crippen LogP) is 1.99. The molecule has 7 heteroatoms. The van der Waals surface area contributed by atoms with E-state index in [0.717, 1.165) is 17.0 Å². The lowest BCUT2D eigenvalue weighted by molar-refractivity contribution is 0.0950. The average molecular weight is 333 g/mol. The lowest BCUT2D eigenvalue weighted by Crippen LogP contribution is -2.23. The quantitative estimate of drug-likeness (QED) is 0.875. The largest absolute Gasteiger partial charge is 0.493 e. The zero-order chi connectivity index (χ0) is 17.9. The Balaban J connectivity index is 2.23. The maximum atomic E-state index is 12.5. The van der Waals surface area contributed by atoms with Gasteiger partial charge in [0.25, 0.3) is 5.91 Å². The molecule has 1 amide bonds. The van der Waals surface area contributed by atoms with Crippen LogP contribution >= 0.6 is 0 Å². The molecule has 0 saturated heterocycles. The number of ether oxygens (including phenoxy) is 3. The number of amides is 1. The van der Waals surface area contributed by atoms with Gasteiger partial charge in [-0.25, -0.2) is 0 Å². The molecular weight excluding hydrogens is 310 g/mol. The Labute approximate surface area is 141 Å². The van der Waals surface area contributed by atoms with Gasteiger partial charge >= 0.3 is 0 Å². The second-order valence-electron chi connectivity index (χ2n) is 5.37. The van der Waals surface area contributed by atoms with E-state index in [4.69, 9.17) is 14.2 Å². The Morgan fingerprint density at radius 2 is 1.71 bits per heavy atom. The molecule has 1 N–H and O–H groups in total. The number of hydrogen-bond donors (Lipinski definition) is 1. The van der Waals surface area contributed by atoms with Crippen molar-refractivity contribution >= 4 is 5.91 Å². The molecule has 0 aliphatic carbocycles. The maximum absolute atomic E-state index is 12.5. The Morgan fingerprint density at radius 1 is 1.12 bits per heavy atom. The van der Waals surface area contributed by atoms with Gasteiger partial charge in [-0.2, -0.15) is 5.10 Å². The Kier molecular flexibility index (Phi) is 5.33. The SMILES string of the molecule is COc1cc(C(=O)NCc2c(C)nn(C)c2C)cc(OC)c1OC. The summed E-state index contributed by atoms with van der Waals surface area (Å²) in [5, 5.41) is 7.25. The molecule has 0 aliphatic heterocycles. The molecule has 0 atom stereocenters. The second-order valence-corrected chi connectivity index (χ2v) is 5.37. The van der Waals surface area contributed by atoms with Crippen LogP contribution in [0.2, 0.25) is 0 Å². The summed E-state index contributed by atoms with van der Waals surface area (Å²) in [6.45, 7) is 4.30. The number of benzene rings is 1. The van der Waals surface area contributed by atoms with Gasteiger partial charge < -0.3 is 19.5 Å². The minimum absolute atomic E-state index is 0.225. The van der Waals surface area contributed by atoms with Crippen molar-refractivity contribution in [2.75, 3.05) is 21.3 Å². The highest BCUT2D eigenvalue weighted by molar-refractivity contribution is 5.95. The molecule has 130 valence electrons. The minimum Gasteiger partial charge on any atom is -0.493 e. The van der Waals surface area contributed by atoms with Gasteiger partial charge in [0.05, 0.1) is 27.0 Å². The number of aromatic nitrogens is 2. The van der Waals surface area contributed by atoms with Gasteiger partial charge in [-0.1, -0.05) is 0 Å². The molecule has 24 heavy (non-hydrogen) atoms. The monoisotopic (exact) mass is 333 g/mol. The van der Waals surface area contributed by atoms with Crippen molar-refractivity contribution in [1.82, 2.24) is 15.1 Å². The summed E-state index contributed by atoms with van der Waals surface area (Å²) in [4.78, 5) is 12.5. The number of nitrogens with zero attached hydrogens (tertiary/aromatic N) is 2. The normalized spacial score (nSPS) is 10.4. The van der Waals surface area contributed by atoms with Crippen LogP contribution in [0.5, 0.6) is 17.2 Å². The van der Waals surface area contributed by atoms with E-state index in [1.807, 2.05) is 20.9 Å². The fourth-order valence-electron chi connectivity index (χ4n) is 2.56. The van der Waals surface area contributed by atoms with Crippen LogP contribution in [0.3, 0.4) is 0 Å². The van der Waals surface area contributed by atoms with Gasteiger partial charge in [0, 0.05) is 30.4 Å². The molecule has 0 radical (unpaired) electrons. The topological polar surface area (TPSA) is 74.6 Å². The molecule has 2 rings (SSSR count). The van der Waals surface area contributed by atoms with Crippen molar-refractivity contribution in [2.45, 2.75) is 20.4 Å². The molecule has 1 aromatic carbocycles. The van der Waals surface area contributed by atoms with E-state index in [-0.39, 0.29) is 5.91 Å². The first-order valence-corrected chi connectivity index (χ1v) is 7.50. The van der Waals surface area contributed by atoms with Crippen molar-refractivity contribution in [3.63, 3.8) is 0 Å². The number of hydrogen-bond acceptors (Lipinski definition) is 5. The van der Waals surface area contributed by atoms with Crippen molar-refractivity contribution < 1.29 is 19.0 Å². The Hall–Kier alpha value is -2.70. The highest BCUT2D eigenvalue weighted by atomic mass is 16.5. The molecule has 0 spiro atoms. The lowest BCUT2D eigenvalue weighted by atomic mass is 10.1. The van der Waals surface area contributed by atoms with Crippen LogP contribution in [0, 0.1) is 13.8 Å². The summed E-state index contributed by atoms with van der Waals surface area (Å²) < 4.78 is 17.6. The van der Waals surface area contributed by atoms with Crippen molar-refractivity contribution in [3.05, 3.63) is 34.6 Å². The second kappa shape index (κ2) is 7.25. The van der Waals surface area contributed by atoms with Crippen LogP contribution in [0.1, 0.15) is 27.3 Å².